The van der Waals surface area contributed by atoms with Gasteiger partial charge in [0, 0.05) is 5.02 Å². The minimum Gasteiger partial charge on any atom is -0.385 e. The van der Waals surface area contributed by atoms with Crippen molar-refractivity contribution >= 4 is 11.6 Å². The lowest BCUT2D eigenvalue weighted by molar-refractivity contribution is 0.603. The second kappa shape index (κ2) is 4.93. The van der Waals surface area contributed by atoms with Gasteiger partial charge in [0.05, 0.1) is 6.04 Å². The summed E-state index contributed by atoms with van der Waals surface area (Å²) in [5, 5.41) is 3.96. The average molecular weight is 196 g/mol. The summed E-state index contributed by atoms with van der Waals surface area (Å²) >= 11 is 5.80. The predicted octanol–water partition coefficient (Wildman–Crippen LogP) is 3.52. The van der Waals surface area contributed by atoms with Gasteiger partial charge in [0.25, 0.3) is 0 Å². The Kier molecular flexibility index (Phi) is 3.84. The molecule has 0 aromatic heterocycles. The molecule has 0 amide bonds. The Hall–Kier alpha value is -0.950. The highest BCUT2D eigenvalue weighted by Gasteiger charge is 2.05. The zero-order valence-corrected chi connectivity index (χ0v) is 8.51. The van der Waals surface area contributed by atoms with Crippen LogP contribution < -0.4 is 5.32 Å². The Morgan fingerprint density at radius 1 is 1.46 bits per heavy atom. The zero-order chi connectivity index (χ0) is 9.68. The molecule has 1 nitrogen and oxygen atoms in total. The molecule has 0 bridgehead atoms. The van der Waals surface area contributed by atoms with E-state index in [1.807, 2.05) is 24.3 Å². The molecule has 1 unspecified atom stereocenters. The first-order valence-electron chi connectivity index (χ1n) is 4.40. The Labute approximate surface area is 84.4 Å². The fraction of sp³-hybridized carbons (Fsp3) is 0.273. The summed E-state index contributed by atoms with van der Waals surface area (Å²) in [6.07, 6.45) is 2.76. The highest BCUT2D eigenvalue weighted by atomic mass is 35.5. The first-order chi connectivity index (χ1) is 6.27. The molecule has 0 spiro atoms. The summed E-state index contributed by atoms with van der Waals surface area (Å²) in [6, 6.07) is 8.23. The second-order valence-electron chi connectivity index (χ2n) is 2.88. The van der Waals surface area contributed by atoms with E-state index in [1.165, 1.54) is 5.56 Å². The Bertz CT molecular complexity index is 266. The highest BCUT2D eigenvalue weighted by molar-refractivity contribution is 6.30. The van der Waals surface area contributed by atoms with Crippen LogP contribution in [-0.4, -0.2) is 0 Å². The fourth-order valence-electron chi connectivity index (χ4n) is 1.29. The summed E-state index contributed by atoms with van der Waals surface area (Å²) in [6.45, 7) is 5.79. The second-order valence-corrected chi connectivity index (χ2v) is 3.32. The lowest BCUT2D eigenvalue weighted by Crippen LogP contribution is -2.13. The lowest BCUT2D eigenvalue weighted by Gasteiger charge is -2.15. The van der Waals surface area contributed by atoms with Crippen molar-refractivity contribution in [1.29, 1.82) is 0 Å². The number of hydrogen-bond donors (Lipinski definition) is 1. The normalized spacial score (nSPS) is 12.2. The summed E-state index contributed by atoms with van der Waals surface area (Å²) < 4.78 is 0. The molecule has 0 radical (unpaired) electrons. The van der Waals surface area contributed by atoms with Gasteiger partial charge in [-0.25, -0.2) is 0 Å². The van der Waals surface area contributed by atoms with Gasteiger partial charge in [-0.2, -0.15) is 0 Å². The van der Waals surface area contributed by atoms with E-state index in [0.29, 0.717) is 6.04 Å². The van der Waals surface area contributed by atoms with E-state index < -0.39 is 0 Å². The standard InChI is InChI=1S/C11H14ClN/c1-3-11(13-4-2)9-5-7-10(12)8-6-9/h4-8,11,13H,2-3H2,1H3. The molecule has 0 saturated carbocycles. The molecule has 1 atom stereocenters. The van der Waals surface area contributed by atoms with Gasteiger partial charge in [-0.05, 0) is 30.3 Å². The van der Waals surface area contributed by atoms with Gasteiger partial charge < -0.3 is 5.32 Å². The topological polar surface area (TPSA) is 12.0 Å². The maximum atomic E-state index is 5.80. The predicted molar refractivity (Wildman–Crippen MR) is 57.8 cm³/mol. The number of rotatable bonds is 4. The molecule has 0 saturated heterocycles. The monoisotopic (exact) mass is 195 g/mol. The third kappa shape index (κ3) is 2.78. The lowest BCUT2D eigenvalue weighted by atomic mass is 10.1. The molecule has 1 aromatic carbocycles. The van der Waals surface area contributed by atoms with E-state index >= 15 is 0 Å². The van der Waals surface area contributed by atoms with E-state index in [-0.39, 0.29) is 0 Å². The molecule has 1 N–H and O–H groups in total. The van der Waals surface area contributed by atoms with Crippen molar-refractivity contribution in [3.05, 3.63) is 47.6 Å². The fourth-order valence-corrected chi connectivity index (χ4v) is 1.41. The zero-order valence-electron chi connectivity index (χ0n) is 7.76. The van der Waals surface area contributed by atoms with Gasteiger partial charge in [0.1, 0.15) is 0 Å². The summed E-state index contributed by atoms with van der Waals surface area (Å²) in [7, 11) is 0. The van der Waals surface area contributed by atoms with Crippen LogP contribution in [0, 0.1) is 0 Å². The molecule has 2 heteroatoms. The van der Waals surface area contributed by atoms with Crippen LogP contribution in [0.15, 0.2) is 37.0 Å². The van der Waals surface area contributed by atoms with Gasteiger partial charge in [-0.1, -0.05) is 37.2 Å². The van der Waals surface area contributed by atoms with E-state index in [9.17, 15) is 0 Å². The smallest absolute Gasteiger partial charge is 0.0505 e. The van der Waals surface area contributed by atoms with Crippen molar-refractivity contribution < 1.29 is 0 Å². The molecule has 70 valence electrons. The van der Waals surface area contributed by atoms with Crippen LogP contribution in [0.1, 0.15) is 24.9 Å². The van der Waals surface area contributed by atoms with Crippen LogP contribution >= 0.6 is 11.6 Å². The molecule has 13 heavy (non-hydrogen) atoms. The third-order valence-corrected chi connectivity index (χ3v) is 2.25. The van der Waals surface area contributed by atoms with Crippen LogP contribution in [0.3, 0.4) is 0 Å². The van der Waals surface area contributed by atoms with Crippen molar-refractivity contribution in [2.75, 3.05) is 0 Å². The minimum atomic E-state index is 0.342. The number of hydrogen-bond acceptors (Lipinski definition) is 1. The van der Waals surface area contributed by atoms with Gasteiger partial charge in [-0.15, -0.1) is 0 Å². The first kappa shape index (κ1) is 10.1. The van der Waals surface area contributed by atoms with Crippen molar-refractivity contribution in [2.24, 2.45) is 0 Å². The van der Waals surface area contributed by atoms with Gasteiger partial charge in [0.2, 0.25) is 0 Å². The Balaban J connectivity index is 2.78. The van der Waals surface area contributed by atoms with Gasteiger partial charge in [0.15, 0.2) is 0 Å². The van der Waals surface area contributed by atoms with E-state index in [1.54, 1.807) is 6.20 Å². The quantitative estimate of drug-likeness (QED) is 0.775. The summed E-state index contributed by atoms with van der Waals surface area (Å²) in [5.74, 6) is 0. The van der Waals surface area contributed by atoms with Crippen LogP contribution in [0.2, 0.25) is 5.02 Å². The molecule has 0 heterocycles. The van der Waals surface area contributed by atoms with Crippen molar-refractivity contribution in [3.63, 3.8) is 0 Å². The first-order valence-corrected chi connectivity index (χ1v) is 4.78. The maximum Gasteiger partial charge on any atom is 0.0505 e. The van der Waals surface area contributed by atoms with Crippen LogP contribution in [0.4, 0.5) is 0 Å². The van der Waals surface area contributed by atoms with E-state index in [2.05, 4.69) is 18.8 Å². The van der Waals surface area contributed by atoms with E-state index in [0.717, 1.165) is 11.4 Å². The SMILES string of the molecule is C=CNC(CC)c1ccc(Cl)cc1. The molecule has 1 rings (SSSR count). The van der Waals surface area contributed by atoms with E-state index in [4.69, 9.17) is 11.6 Å². The van der Waals surface area contributed by atoms with Crippen molar-refractivity contribution in [1.82, 2.24) is 5.32 Å². The molecule has 1 aromatic rings. The van der Waals surface area contributed by atoms with Crippen molar-refractivity contribution in [2.45, 2.75) is 19.4 Å². The van der Waals surface area contributed by atoms with Crippen LogP contribution in [-0.2, 0) is 0 Å². The van der Waals surface area contributed by atoms with Crippen LogP contribution in [0.25, 0.3) is 0 Å². The highest BCUT2D eigenvalue weighted by Crippen LogP contribution is 2.18. The largest absolute Gasteiger partial charge is 0.385 e. The molecule has 0 fully saturated rings. The molecule has 0 aliphatic heterocycles. The molecule has 0 aliphatic carbocycles. The summed E-state index contributed by atoms with van der Waals surface area (Å²) in [5.41, 5.74) is 1.24. The van der Waals surface area contributed by atoms with Crippen molar-refractivity contribution in [3.8, 4) is 0 Å². The number of benzene rings is 1. The number of nitrogens with one attached hydrogen (secondary N) is 1. The minimum absolute atomic E-state index is 0.342. The maximum absolute atomic E-state index is 5.80. The molecular weight excluding hydrogens is 182 g/mol. The third-order valence-electron chi connectivity index (χ3n) is 2.00. The summed E-state index contributed by atoms with van der Waals surface area (Å²) in [4.78, 5) is 0. The van der Waals surface area contributed by atoms with Gasteiger partial charge >= 0.3 is 0 Å². The molecular formula is C11H14ClN. The molecule has 0 aliphatic rings. The van der Waals surface area contributed by atoms with Gasteiger partial charge in [-0.3, -0.25) is 0 Å². The number of halogens is 1. The van der Waals surface area contributed by atoms with Crippen LogP contribution in [0.5, 0.6) is 0 Å². The Morgan fingerprint density at radius 3 is 2.54 bits per heavy atom. The average Bonchev–Trinajstić information content (AvgIpc) is 2.16. The Morgan fingerprint density at radius 2 is 2.08 bits per heavy atom.